The van der Waals surface area contributed by atoms with E-state index in [4.69, 9.17) is 14.6 Å². The highest BCUT2D eigenvalue weighted by Gasteiger charge is 2.48. The summed E-state index contributed by atoms with van der Waals surface area (Å²) < 4.78 is 11.7. The van der Waals surface area contributed by atoms with Gasteiger partial charge < -0.3 is 14.6 Å². The topological polar surface area (TPSA) is 93.1 Å². The number of aliphatic hydroxyl groups excluding tert-OH is 1. The number of imide groups is 1. The summed E-state index contributed by atoms with van der Waals surface area (Å²) in [5.41, 5.74) is 1.67. The number of allylic oxidation sites excluding steroid dienone is 2. The molecule has 7 heteroatoms. The van der Waals surface area contributed by atoms with Crippen LogP contribution in [0.2, 0.25) is 0 Å². The summed E-state index contributed by atoms with van der Waals surface area (Å²) >= 11 is 0. The second kappa shape index (κ2) is 12.5. The lowest BCUT2D eigenvalue weighted by Crippen LogP contribution is -2.48. The van der Waals surface area contributed by atoms with Crippen LogP contribution in [0.15, 0.2) is 84.7 Å². The number of ether oxygens (including phenoxy) is 2. The first-order valence-corrected chi connectivity index (χ1v) is 12.8. The summed E-state index contributed by atoms with van der Waals surface area (Å²) in [6, 6.07) is 18.2. The van der Waals surface area contributed by atoms with E-state index in [1.807, 2.05) is 66.7 Å². The van der Waals surface area contributed by atoms with Crippen LogP contribution in [0.25, 0.3) is 0 Å². The summed E-state index contributed by atoms with van der Waals surface area (Å²) in [6.45, 7) is 1.94. The number of carbonyl (C=O) groups excluding carboxylic acids is 3. The Morgan fingerprint density at radius 1 is 0.973 bits per heavy atom. The smallest absolute Gasteiger partial charge is 0.417 e. The predicted molar refractivity (Wildman–Crippen MR) is 138 cm³/mol. The fraction of sp³-hybridized carbons (Fsp3) is 0.367. The normalized spacial score (nSPS) is 23.1. The maximum atomic E-state index is 14.0. The van der Waals surface area contributed by atoms with E-state index in [1.54, 1.807) is 13.0 Å². The highest BCUT2D eigenvalue weighted by atomic mass is 16.6. The molecule has 0 spiro atoms. The van der Waals surface area contributed by atoms with Crippen LogP contribution in [-0.2, 0) is 25.5 Å². The van der Waals surface area contributed by atoms with Crippen LogP contribution < -0.4 is 0 Å². The molecule has 2 aliphatic heterocycles. The van der Waals surface area contributed by atoms with Crippen molar-refractivity contribution in [2.45, 2.75) is 57.3 Å². The van der Waals surface area contributed by atoms with Gasteiger partial charge in [0.25, 0.3) is 0 Å². The lowest BCUT2D eigenvalue weighted by atomic mass is 9.88. The van der Waals surface area contributed by atoms with Gasteiger partial charge in [0.05, 0.1) is 12.0 Å². The van der Waals surface area contributed by atoms with E-state index in [9.17, 15) is 14.4 Å². The van der Waals surface area contributed by atoms with Gasteiger partial charge in [0.15, 0.2) is 11.9 Å². The third kappa shape index (κ3) is 6.35. The number of aliphatic hydroxyl groups is 1. The average molecular weight is 504 g/mol. The molecule has 4 rings (SSSR count). The summed E-state index contributed by atoms with van der Waals surface area (Å²) in [4.78, 5) is 41.0. The Bertz CT molecular complexity index is 1140. The Hall–Kier alpha value is -3.71. The first-order valence-electron chi connectivity index (χ1n) is 12.8. The van der Waals surface area contributed by atoms with Crippen LogP contribution in [0, 0.1) is 5.92 Å². The van der Waals surface area contributed by atoms with Crippen molar-refractivity contribution in [1.82, 2.24) is 4.90 Å². The van der Waals surface area contributed by atoms with Crippen molar-refractivity contribution in [2.75, 3.05) is 6.61 Å². The molecule has 2 aliphatic rings. The van der Waals surface area contributed by atoms with Gasteiger partial charge in [0.1, 0.15) is 11.9 Å². The molecule has 0 bridgehead atoms. The molecule has 2 amide bonds. The van der Waals surface area contributed by atoms with Crippen molar-refractivity contribution in [3.05, 3.63) is 95.8 Å². The maximum Gasteiger partial charge on any atom is 0.417 e. The minimum Gasteiger partial charge on any atom is -0.482 e. The van der Waals surface area contributed by atoms with Crippen LogP contribution in [0.4, 0.5) is 4.79 Å². The van der Waals surface area contributed by atoms with Crippen molar-refractivity contribution in [3.8, 4) is 0 Å². The number of hydrogen-bond donors (Lipinski definition) is 1. The number of unbranched alkanes of at least 4 members (excludes halogenated alkanes) is 3. The zero-order chi connectivity index (χ0) is 26.2. The van der Waals surface area contributed by atoms with Crippen LogP contribution in [0.1, 0.15) is 49.8 Å². The van der Waals surface area contributed by atoms with Crippen molar-refractivity contribution in [2.24, 2.45) is 5.92 Å². The van der Waals surface area contributed by atoms with Crippen molar-refractivity contribution >= 4 is 17.8 Å². The fourth-order valence-electron chi connectivity index (χ4n) is 4.79. The van der Waals surface area contributed by atoms with Gasteiger partial charge in [0.2, 0.25) is 5.91 Å². The second-order valence-corrected chi connectivity index (χ2v) is 9.41. The van der Waals surface area contributed by atoms with Gasteiger partial charge >= 0.3 is 6.09 Å². The number of ketones is 1. The van der Waals surface area contributed by atoms with Gasteiger partial charge in [-0.05, 0) is 62.0 Å². The first kappa shape index (κ1) is 26.4. The highest BCUT2D eigenvalue weighted by Crippen LogP contribution is 2.35. The van der Waals surface area contributed by atoms with E-state index >= 15 is 0 Å². The monoisotopic (exact) mass is 503 g/mol. The molecule has 0 radical (unpaired) electrons. The van der Waals surface area contributed by atoms with E-state index in [-0.39, 0.29) is 18.8 Å². The molecule has 0 aliphatic carbocycles. The second-order valence-electron chi connectivity index (χ2n) is 9.41. The lowest BCUT2D eigenvalue weighted by Gasteiger charge is -2.31. The number of hydrogen-bond acceptors (Lipinski definition) is 6. The molecule has 7 nitrogen and oxygen atoms in total. The van der Waals surface area contributed by atoms with E-state index in [2.05, 4.69) is 0 Å². The summed E-state index contributed by atoms with van der Waals surface area (Å²) in [6.07, 6.45) is 6.06. The number of amides is 2. The van der Waals surface area contributed by atoms with Gasteiger partial charge in [-0.2, -0.15) is 0 Å². The Morgan fingerprint density at radius 3 is 2.38 bits per heavy atom. The molecule has 0 saturated carbocycles. The largest absolute Gasteiger partial charge is 0.482 e. The van der Waals surface area contributed by atoms with Gasteiger partial charge in [-0.15, -0.1) is 0 Å². The molecule has 0 aromatic heterocycles. The standard InChI is InChI=1S/C30H33NO6/c1-21-27(23-14-8-5-9-15-23)37-30(35)31(21)29(34)25(20-22-12-6-4-7-13-22)28-26(33)18-17-24(36-28)16-10-2-3-11-19-32/h4-9,12-18,21,25,27-28,32H,2-3,10-11,19-20H2,1H3/t21-,25-,27-,28-/m0/s1. The van der Waals surface area contributed by atoms with Crippen molar-refractivity contribution in [1.29, 1.82) is 0 Å². The van der Waals surface area contributed by atoms with Crippen molar-refractivity contribution < 1.29 is 29.0 Å². The van der Waals surface area contributed by atoms with Crippen LogP contribution >= 0.6 is 0 Å². The van der Waals surface area contributed by atoms with E-state index in [1.165, 1.54) is 6.08 Å². The van der Waals surface area contributed by atoms with Gasteiger partial charge in [-0.25, -0.2) is 9.69 Å². The average Bonchev–Trinajstić information content (AvgIpc) is 3.22. The van der Waals surface area contributed by atoms with Gasteiger partial charge in [-0.1, -0.05) is 67.1 Å². The zero-order valence-corrected chi connectivity index (χ0v) is 21.0. The van der Waals surface area contributed by atoms with Gasteiger partial charge in [-0.3, -0.25) is 9.59 Å². The minimum absolute atomic E-state index is 0.162. The summed E-state index contributed by atoms with van der Waals surface area (Å²) in [7, 11) is 0. The van der Waals surface area contributed by atoms with Gasteiger partial charge in [0, 0.05) is 6.61 Å². The minimum atomic E-state index is -1.06. The van der Waals surface area contributed by atoms with Crippen molar-refractivity contribution in [3.63, 3.8) is 0 Å². The lowest BCUT2D eigenvalue weighted by molar-refractivity contribution is -0.143. The molecular weight excluding hydrogens is 470 g/mol. The third-order valence-corrected chi connectivity index (χ3v) is 6.78. The molecule has 194 valence electrons. The molecule has 4 atom stereocenters. The number of nitrogens with zero attached hydrogens (tertiary/aromatic N) is 1. The number of benzene rings is 2. The first-order chi connectivity index (χ1) is 18.0. The molecule has 1 N–H and O–H groups in total. The van der Waals surface area contributed by atoms with E-state index in [0.29, 0.717) is 5.76 Å². The number of carbonyl (C=O) groups is 3. The summed E-state index contributed by atoms with van der Waals surface area (Å²) in [5, 5.41) is 8.96. The SMILES string of the molecule is C[C@H]1[C@@H](c2ccccc2)OC(=O)N1C(=O)[C@@H](Cc1ccccc1)[C@@H]1OC(=CCCCCCO)C=CC1=O. The number of cyclic esters (lactones) is 1. The quantitative estimate of drug-likeness (QED) is 0.463. The molecule has 1 saturated heterocycles. The van der Waals surface area contributed by atoms with Crippen LogP contribution in [0.3, 0.4) is 0 Å². The van der Waals surface area contributed by atoms with E-state index < -0.39 is 36.2 Å². The Morgan fingerprint density at radius 2 is 1.68 bits per heavy atom. The Balaban J connectivity index is 1.58. The molecule has 2 aromatic rings. The molecule has 37 heavy (non-hydrogen) atoms. The molecular formula is C30H33NO6. The fourth-order valence-corrected chi connectivity index (χ4v) is 4.79. The zero-order valence-electron chi connectivity index (χ0n) is 21.0. The third-order valence-electron chi connectivity index (χ3n) is 6.78. The predicted octanol–water partition coefficient (Wildman–Crippen LogP) is 4.91. The molecule has 2 aromatic carbocycles. The molecule has 0 unspecified atom stereocenters. The summed E-state index contributed by atoms with van der Waals surface area (Å²) in [5.74, 6) is -1.19. The number of rotatable bonds is 10. The Kier molecular flexibility index (Phi) is 8.90. The maximum absolute atomic E-state index is 14.0. The van der Waals surface area contributed by atoms with E-state index in [0.717, 1.165) is 41.7 Å². The Labute approximate surface area is 217 Å². The van der Waals surface area contributed by atoms with Crippen LogP contribution in [0.5, 0.6) is 0 Å². The van der Waals surface area contributed by atoms with Crippen LogP contribution in [-0.4, -0.2) is 46.5 Å². The molecule has 1 fully saturated rings. The molecule has 2 heterocycles. The highest BCUT2D eigenvalue weighted by molar-refractivity contribution is 6.02.